The summed E-state index contributed by atoms with van der Waals surface area (Å²) in [5.74, 6) is 2.10. The minimum absolute atomic E-state index is 0.347. The van der Waals surface area contributed by atoms with Gasteiger partial charge in [0.25, 0.3) is 0 Å². The smallest absolute Gasteiger partial charge is 0.227 e. The summed E-state index contributed by atoms with van der Waals surface area (Å²) in [6, 6.07) is 15.1. The fourth-order valence-electron chi connectivity index (χ4n) is 3.97. The summed E-state index contributed by atoms with van der Waals surface area (Å²) in [5.41, 5.74) is 2.70. The Hall–Kier alpha value is -2.54. The summed E-state index contributed by atoms with van der Waals surface area (Å²) < 4.78 is 13.5. The molecule has 0 bridgehead atoms. The van der Waals surface area contributed by atoms with E-state index in [0.29, 0.717) is 29.7 Å². The van der Waals surface area contributed by atoms with Crippen LogP contribution in [0.3, 0.4) is 0 Å². The number of aliphatic hydroxyl groups excluding tert-OH is 1. The fourth-order valence-corrected chi connectivity index (χ4v) is 4.15. The molecule has 3 aromatic rings. The molecule has 1 heterocycles. The Morgan fingerprint density at radius 3 is 2.47 bits per heavy atom. The standard InChI is InChI=1S/C27H36ClN3O3/c1-5-7-11-23(32)18-30(16-6-2)19-26-20(3)29-31(22-10-8-9-21(28)17-22)27(26)34-25-14-12-24(33-4)13-15-25/h8-10,12-15,17,23,32H,5-7,11,16,18-19H2,1-4H3. The van der Waals surface area contributed by atoms with Crippen LogP contribution in [-0.4, -0.2) is 46.1 Å². The third kappa shape index (κ3) is 6.98. The molecule has 0 aliphatic heterocycles. The minimum atomic E-state index is -0.347. The molecule has 34 heavy (non-hydrogen) atoms. The van der Waals surface area contributed by atoms with Crippen molar-refractivity contribution in [2.24, 2.45) is 0 Å². The van der Waals surface area contributed by atoms with Gasteiger partial charge in [-0.15, -0.1) is 0 Å². The van der Waals surface area contributed by atoms with Crippen LogP contribution >= 0.6 is 11.6 Å². The van der Waals surface area contributed by atoms with Gasteiger partial charge in [0.15, 0.2) is 0 Å². The Bertz CT molecular complexity index is 1040. The second kappa shape index (κ2) is 12.8. The quantitative estimate of drug-likeness (QED) is 0.303. The van der Waals surface area contributed by atoms with Gasteiger partial charge in [-0.3, -0.25) is 4.90 Å². The zero-order valence-corrected chi connectivity index (χ0v) is 21.4. The first-order valence-electron chi connectivity index (χ1n) is 12.0. The van der Waals surface area contributed by atoms with Crippen molar-refractivity contribution >= 4 is 11.6 Å². The van der Waals surface area contributed by atoms with Gasteiger partial charge < -0.3 is 14.6 Å². The van der Waals surface area contributed by atoms with Crippen LogP contribution < -0.4 is 9.47 Å². The first-order chi connectivity index (χ1) is 16.4. The predicted molar refractivity (Wildman–Crippen MR) is 137 cm³/mol. The highest BCUT2D eigenvalue weighted by Gasteiger charge is 2.22. The predicted octanol–water partition coefficient (Wildman–Crippen LogP) is 6.40. The lowest BCUT2D eigenvalue weighted by molar-refractivity contribution is 0.0991. The largest absolute Gasteiger partial charge is 0.497 e. The number of unbranched alkanes of at least 4 members (excludes halogenated alkanes) is 1. The number of ether oxygens (including phenoxy) is 2. The van der Waals surface area contributed by atoms with E-state index in [0.717, 1.165) is 54.9 Å². The maximum Gasteiger partial charge on any atom is 0.227 e. The molecule has 0 saturated carbocycles. The minimum Gasteiger partial charge on any atom is -0.497 e. The van der Waals surface area contributed by atoms with Gasteiger partial charge in [0, 0.05) is 18.1 Å². The first-order valence-corrected chi connectivity index (χ1v) is 12.4. The highest BCUT2D eigenvalue weighted by molar-refractivity contribution is 6.30. The number of aliphatic hydroxyl groups is 1. The molecule has 1 N–H and O–H groups in total. The maximum absolute atomic E-state index is 10.6. The number of aromatic nitrogens is 2. The SMILES string of the molecule is CCCCC(O)CN(CCC)Cc1c(C)nn(-c2cccc(Cl)c2)c1Oc1ccc(OC)cc1. The number of methoxy groups -OCH3 is 1. The topological polar surface area (TPSA) is 59.8 Å². The highest BCUT2D eigenvalue weighted by Crippen LogP contribution is 2.33. The Balaban J connectivity index is 1.97. The van der Waals surface area contributed by atoms with Crippen molar-refractivity contribution in [1.82, 2.24) is 14.7 Å². The summed E-state index contributed by atoms with van der Waals surface area (Å²) >= 11 is 6.28. The van der Waals surface area contributed by atoms with Gasteiger partial charge in [-0.1, -0.05) is 44.4 Å². The molecule has 6 nitrogen and oxygen atoms in total. The van der Waals surface area contributed by atoms with Gasteiger partial charge in [0.05, 0.1) is 30.2 Å². The lowest BCUT2D eigenvalue weighted by atomic mass is 10.1. The summed E-state index contributed by atoms with van der Waals surface area (Å²) in [7, 11) is 1.64. The van der Waals surface area contributed by atoms with Gasteiger partial charge in [-0.25, -0.2) is 4.68 Å². The van der Waals surface area contributed by atoms with Gasteiger partial charge in [0.2, 0.25) is 5.88 Å². The molecular weight excluding hydrogens is 450 g/mol. The van der Waals surface area contributed by atoms with E-state index >= 15 is 0 Å². The Kier molecular flexibility index (Phi) is 9.81. The molecule has 1 unspecified atom stereocenters. The van der Waals surface area contributed by atoms with E-state index in [1.807, 2.05) is 55.5 Å². The van der Waals surface area contributed by atoms with E-state index in [2.05, 4.69) is 18.7 Å². The monoisotopic (exact) mass is 485 g/mol. The third-order valence-corrected chi connectivity index (χ3v) is 5.98. The van der Waals surface area contributed by atoms with E-state index in [9.17, 15) is 5.11 Å². The molecule has 1 aromatic heterocycles. The summed E-state index contributed by atoms with van der Waals surface area (Å²) in [6.45, 7) is 8.43. The van der Waals surface area contributed by atoms with Crippen LogP contribution in [0.1, 0.15) is 50.8 Å². The van der Waals surface area contributed by atoms with Crippen LogP contribution in [0.2, 0.25) is 5.02 Å². The third-order valence-electron chi connectivity index (χ3n) is 5.75. The van der Waals surface area contributed by atoms with Crippen molar-refractivity contribution < 1.29 is 14.6 Å². The number of halogens is 1. The average molecular weight is 486 g/mol. The number of hydrogen-bond donors (Lipinski definition) is 1. The highest BCUT2D eigenvalue weighted by atomic mass is 35.5. The number of aryl methyl sites for hydroxylation is 1. The average Bonchev–Trinajstić information content (AvgIpc) is 3.13. The van der Waals surface area contributed by atoms with E-state index in [1.54, 1.807) is 11.8 Å². The molecule has 2 aromatic carbocycles. The van der Waals surface area contributed by atoms with E-state index in [1.165, 1.54) is 0 Å². The zero-order valence-electron chi connectivity index (χ0n) is 20.6. The first kappa shape index (κ1) is 26.1. The van der Waals surface area contributed by atoms with Crippen LogP contribution in [0.4, 0.5) is 0 Å². The van der Waals surface area contributed by atoms with Crippen LogP contribution in [0.15, 0.2) is 48.5 Å². The molecule has 3 rings (SSSR count). The number of nitrogens with zero attached hydrogens (tertiary/aromatic N) is 3. The molecule has 0 aliphatic carbocycles. The number of rotatable bonds is 13. The van der Waals surface area contributed by atoms with E-state index in [4.69, 9.17) is 26.2 Å². The molecular formula is C27H36ClN3O3. The van der Waals surface area contributed by atoms with Crippen LogP contribution in [0.5, 0.6) is 17.4 Å². The molecule has 0 amide bonds. The maximum atomic E-state index is 10.6. The van der Waals surface area contributed by atoms with Crippen LogP contribution in [-0.2, 0) is 6.54 Å². The fraction of sp³-hybridized carbons (Fsp3) is 0.444. The second-order valence-corrected chi connectivity index (χ2v) is 9.01. The van der Waals surface area contributed by atoms with E-state index < -0.39 is 0 Å². The van der Waals surface area contributed by atoms with Gasteiger partial charge in [-0.05, 0) is 68.8 Å². The van der Waals surface area contributed by atoms with Crippen molar-refractivity contribution in [2.75, 3.05) is 20.2 Å². The van der Waals surface area contributed by atoms with Gasteiger partial charge in [-0.2, -0.15) is 5.10 Å². The number of hydrogen-bond acceptors (Lipinski definition) is 5. The van der Waals surface area contributed by atoms with E-state index in [-0.39, 0.29) is 6.10 Å². The Morgan fingerprint density at radius 1 is 1.09 bits per heavy atom. The van der Waals surface area contributed by atoms with Crippen molar-refractivity contribution in [3.05, 3.63) is 64.8 Å². The van der Waals surface area contributed by atoms with Crippen molar-refractivity contribution in [3.8, 4) is 23.1 Å². The summed E-state index contributed by atoms with van der Waals surface area (Å²) in [5, 5.41) is 16.0. The van der Waals surface area contributed by atoms with Crippen LogP contribution in [0, 0.1) is 6.92 Å². The molecule has 0 saturated heterocycles. The Morgan fingerprint density at radius 2 is 1.82 bits per heavy atom. The molecule has 184 valence electrons. The Labute approximate surface area is 208 Å². The summed E-state index contributed by atoms with van der Waals surface area (Å²) in [6.07, 6.45) is 3.57. The zero-order chi connectivity index (χ0) is 24.5. The van der Waals surface area contributed by atoms with Crippen molar-refractivity contribution in [2.45, 2.75) is 59.1 Å². The summed E-state index contributed by atoms with van der Waals surface area (Å²) in [4.78, 5) is 2.29. The molecule has 0 fully saturated rings. The lowest BCUT2D eigenvalue weighted by Crippen LogP contribution is -2.33. The molecule has 0 aliphatic rings. The molecule has 1 atom stereocenters. The van der Waals surface area contributed by atoms with Gasteiger partial charge in [0.1, 0.15) is 11.5 Å². The molecule has 0 radical (unpaired) electrons. The van der Waals surface area contributed by atoms with Gasteiger partial charge >= 0.3 is 0 Å². The second-order valence-electron chi connectivity index (χ2n) is 8.57. The number of benzene rings is 2. The van der Waals surface area contributed by atoms with Crippen LogP contribution in [0.25, 0.3) is 5.69 Å². The van der Waals surface area contributed by atoms with Crippen molar-refractivity contribution in [1.29, 1.82) is 0 Å². The lowest BCUT2D eigenvalue weighted by Gasteiger charge is -2.25. The normalized spacial score (nSPS) is 12.2. The molecule has 0 spiro atoms. The van der Waals surface area contributed by atoms with Crippen molar-refractivity contribution in [3.63, 3.8) is 0 Å². The molecule has 7 heteroatoms.